The molecule has 0 spiro atoms. The molecule has 1 aromatic rings. The monoisotopic (exact) mass is 258 g/mol. The molecule has 3 heteroatoms. The number of alkyl halides is 1. The van der Waals surface area contributed by atoms with Crippen LogP contribution in [0.5, 0.6) is 0 Å². The van der Waals surface area contributed by atoms with E-state index in [1.807, 2.05) is 12.1 Å². The van der Waals surface area contributed by atoms with Crippen LogP contribution in [0.1, 0.15) is 30.7 Å². The molecule has 1 aliphatic heterocycles. The van der Waals surface area contributed by atoms with Crippen LogP contribution in [0.15, 0.2) is 24.3 Å². The molecule has 0 saturated carbocycles. The van der Waals surface area contributed by atoms with Crippen LogP contribution in [0.25, 0.3) is 0 Å². The summed E-state index contributed by atoms with van der Waals surface area (Å²) in [6.07, 6.45) is 3.76. The third-order valence-electron chi connectivity index (χ3n) is 3.10. The van der Waals surface area contributed by atoms with Crippen LogP contribution in [0.4, 0.5) is 0 Å². The first-order chi connectivity index (χ1) is 7.79. The number of benzene rings is 1. The number of hydrogen-bond donors (Lipinski definition) is 0. The summed E-state index contributed by atoms with van der Waals surface area (Å²) in [5, 5.41) is 0.772. The summed E-state index contributed by atoms with van der Waals surface area (Å²) in [6.45, 7) is 0.903. The van der Waals surface area contributed by atoms with Gasteiger partial charge in [-0.25, -0.2) is 0 Å². The van der Waals surface area contributed by atoms with Crippen molar-refractivity contribution in [2.75, 3.05) is 12.5 Å². The maximum atomic E-state index is 6.03. The Morgan fingerprint density at radius 2 is 2.06 bits per heavy atom. The highest BCUT2D eigenvalue weighted by molar-refractivity contribution is 6.30. The molecular weight excluding hydrogens is 243 g/mol. The SMILES string of the molecule is ClCC(CC1CCCO1)c1ccc(Cl)cc1. The van der Waals surface area contributed by atoms with Crippen LogP contribution < -0.4 is 0 Å². The van der Waals surface area contributed by atoms with Crippen LogP contribution in [0, 0.1) is 0 Å². The second-order valence-electron chi connectivity index (χ2n) is 4.27. The molecule has 1 aromatic carbocycles. The smallest absolute Gasteiger partial charge is 0.0582 e. The van der Waals surface area contributed by atoms with E-state index in [0.29, 0.717) is 17.9 Å². The lowest BCUT2D eigenvalue weighted by molar-refractivity contribution is 0.0995. The Hall–Kier alpha value is -0.240. The Morgan fingerprint density at radius 1 is 1.31 bits per heavy atom. The second kappa shape index (κ2) is 5.90. The van der Waals surface area contributed by atoms with Gasteiger partial charge in [0.05, 0.1) is 6.10 Å². The van der Waals surface area contributed by atoms with Gasteiger partial charge in [-0.15, -0.1) is 11.6 Å². The summed E-state index contributed by atoms with van der Waals surface area (Å²) in [6, 6.07) is 7.96. The van der Waals surface area contributed by atoms with Crippen molar-refractivity contribution >= 4 is 23.2 Å². The Morgan fingerprint density at radius 3 is 2.62 bits per heavy atom. The lowest BCUT2D eigenvalue weighted by Crippen LogP contribution is -2.12. The third kappa shape index (κ3) is 3.13. The minimum Gasteiger partial charge on any atom is -0.378 e. The van der Waals surface area contributed by atoms with Gasteiger partial charge in [-0.1, -0.05) is 23.7 Å². The fourth-order valence-corrected chi connectivity index (χ4v) is 2.60. The lowest BCUT2D eigenvalue weighted by atomic mass is 9.94. The van der Waals surface area contributed by atoms with Crippen molar-refractivity contribution in [1.82, 2.24) is 0 Å². The van der Waals surface area contributed by atoms with Gasteiger partial charge < -0.3 is 4.74 Å². The second-order valence-corrected chi connectivity index (χ2v) is 5.02. The Labute approximate surface area is 107 Å². The summed E-state index contributed by atoms with van der Waals surface area (Å²) < 4.78 is 5.65. The van der Waals surface area contributed by atoms with E-state index in [2.05, 4.69) is 12.1 Å². The van der Waals surface area contributed by atoms with Crippen molar-refractivity contribution < 1.29 is 4.74 Å². The van der Waals surface area contributed by atoms with E-state index < -0.39 is 0 Å². The zero-order chi connectivity index (χ0) is 11.4. The van der Waals surface area contributed by atoms with E-state index in [9.17, 15) is 0 Å². The summed E-state index contributed by atoms with van der Waals surface area (Å²) >= 11 is 11.9. The van der Waals surface area contributed by atoms with Crippen LogP contribution >= 0.6 is 23.2 Å². The molecule has 1 saturated heterocycles. The molecule has 88 valence electrons. The molecule has 1 heterocycles. The minimum atomic E-state index is 0.377. The van der Waals surface area contributed by atoms with Gasteiger partial charge in [-0.3, -0.25) is 0 Å². The van der Waals surface area contributed by atoms with E-state index >= 15 is 0 Å². The normalized spacial score (nSPS) is 22.2. The van der Waals surface area contributed by atoms with E-state index in [0.717, 1.165) is 18.1 Å². The van der Waals surface area contributed by atoms with E-state index in [1.165, 1.54) is 18.4 Å². The molecule has 0 N–H and O–H groups in total. The standard InChI is InChI=1S/C13H16Cl2O/c14-9-11(8-13-2-1-7-16-13)10-3-5-12(15)6-4-10/h3-6,11,13H,1-2,7-9H2. The van der Waals surface area contributed by atoms with Crippen molar-refractivity contribution in [3.63, 3.8) is 0 Å². The average Bonchev–Trinajstić information content (AvgIpc) is 2.80. The predicted molar refractivity (Wildman–Crippen MR) is 68.5 cm³/mol. The van der Waals surface area contributed by atoms with Crippen molar-refractivity contribution in [3.8, 4) is 0 Å². The van der Waals surface area contributed by atoms with Crippen LogP contribution in [-0.4, -0.2) is 18.6 Å². The Bertz CT molecular complexity index is 317. The van der Waals surface area contributed by atoms with Gasteiger partial charge in [-0.05, 0) is 42.9 Å². The largest absolute Gasteiger partial charge is 0.378 e. The van der Waals surface area contributed by atoms with Gasteiger partial charge in [0, 0.05) is 17.5 Å². The van der Waals surface area contributed by atoms with Crippen molar-refractivity contribution in [2.45, 2.75) is 31.3 Å². The predicted octanol–water partition coefficient (Wildman–Crippen LogP) is 4.23. The quantitative estimate of drug-likeness (QED) is 0.735. The molecule has 2 rings (SSSR count). The molecule has 0 bridgehead atoms. The van der Waals surface area contributed by atoms with Crippen LogP contribution in [0.2, 0.25) is 5.02 Å². The maximum Gasteiger partial charge on any atom is 0.0582 e. The third-order valence-corrected chi connectivity index (χ3v) is 3.72. The first-order valence-electron chi connectivity index (χ1n) is 5.72. The van der Waals surface area contributed by atoms with Gasteiger partial charge in [-0.2, -0.15) is 0 Å². The summed E-state index contributed by atoms with van der Waals surface area (Å²) in [7, 11) is 0. The number of halogens is 2. The molecule has 0 amide bonds. The average molecular weight is 259 g/mol. The zero-order valence-corrected chi connectivity index (χ0v) is 10.7. The van der Waals surface area contributed by atoms with Gasteiger partial charge in [0.1, 0.15) is 0 Å². The molecule has 0 aromatic heterocycles. The zero-order valence-electron chi connectivity index (χ0n) is 9.16. The number of rotatable bonds is 4. The first-order valence-corrected chi connectivity index (χ1v) is 6.64. The summed E-state index contributed by atoms with van der Waals surface area (Å²) in [5.41, 5.74) is 1.26. The molecular formula is C13H16Cl2O. The maximum absolute atomic E-state index is 6.03. The minimum absolute atomic E-state index is 0.377. The van der Waals surface area contributed by atoms with Gasteiger partial charge in [0.2, 0.25) is 0 Å². The van der Waals surface area contributed by atoms with E-state index in [1.54, 1.807) is 0 Å². The summed E-state index contributed by atoms with van der Waals surface area (Å²) in [5.74, 6) is 1.02. The molecule has 16 heavy (non-hydrogen) atoms. The highest BCUT2D eigenvalue weighted by Gasteiger charge is 2.21. The first kappa shape index (κ1) is 12.2. The molecule has 0 radical (unpaired) electrons. The molecule has 2 atom stereocenters. The lowest BCUT2D eigenvalue weighted by Gasteiger charge is -2.18. The summed E-state index contributed by atoms with van der Waals surface area (Å²) in [4.78, 5) is 0. The Balaban J connectivity index is 2.00. The van der Waals surface area contributed by atoms with Crippen LogP contribution in [-0.2, 0) is 4.74 Å². The van der Waals surface area contributed by atoms with Gasteiger partial charge in [0.15, 0.2) is 0 Å². The molecule has 1 aliphatic rings. The Kier molecular flexibility index (Phi) is 4.51. The molecule has 1 fully saturated rings. The number of ether oxygens (including phenoxy) is 1. The van der Waals surface area contributed by atoms with Gasteiger partial charge >= 0.3 is 0 Å². The van der Waals surface area contributed by atoms with Crippen molar-refractivity contribution in [2.24, 2.45) is 0 Å². The van der Waals surface area contributed by atoms with Crippen molar-refractivity contribution in [1.29, 1.82) is 0 Å². The molecule has 2 unspecified atom stereocenters. The number of hydrogen-bond acceptors (Lipinski definition) is 1. The highest BCUT2D eigenvalue weighted by atomic mass is 35.5. The van der Waals surface area contributed by atoms with Crippen LogP contribution in [0.3, 0.4) is 0 Å². The fraction of sp³-hybridized carbons (Fsp3) is 0.538. The fourth-order valence-electron chi connectivity index (χ4n) is 2.17. The van der Waals surface area contributed by atoms with Crippen molar-refractivity contribution in [3.05, 3.63) is 34.9 Å². The molecule has 1 nitrogen and oxygen atoms in total. The van der Waals surface area contributed by atoms with E-state index in [4.69, 9.17) is 27.9 Å². The van der Waals surface area contributed by atoms with Gasteiger partial charge in [0.25, 0.3) is 0 Å². The highest BCUT2D eigenvalue weighted by Crippen LogP contribution is 2.28. The van der Waals surface area contributed by atoms with E-state index in [-0.39, 0.29) is 0 Å². The molecule has 0 aliphatic carbocycles. The topological polar surface area (TPSA) is 9.23 Å².